The molecule has 0 unspecified atom stereocenters. The fourth-order valence-corrected chi connectivity index (χ4v) is 0.958. The van der Waals surface area contributed by atoms with Gasteiger partial charge in [-0.1, -0.05) is 13.3 Å². The van der Waals surface area contributed by atoms with Gasteiger partial charge in [-0.2, -0.15) is 15.0 Å². The van der Waals surface area contributed by atoms with Crippen LogP contribution in [0.1, 0.15) is 32.4 Å². The van der Waals surface area contributed by atoms with Crippen LogP contribution in [-0.2, 0) is 13.0 Å². The summed E-state index contributed by atoms with van der Waals surface area (Å²) < 4.78 is 0. The Hall–Kier alpha value is -0.380. The van der Waals surface area contributed by atoms with E-state index in [1.807, 2.05) is 13.1 Å². The van der Waals surface area contributed by atoms with Crippen LogP contribution in [0.2, 0.25) is 0 Å². The number of aromatic nitrogens is 3. The Morgan fingerprint density at radius 2 is 2.17 bits per heavy atom. The van der Waals surface area contributed by atoms with E-state index < -0.39 is 0 Å². The van der Waals surface area contributed by atoms with Crippen LogP contribution >= 0.6 is 17.0 Å². The van der Waals surface area contributed by atoms with Crippen LogP contribution in [0.3, 0.4) is 0 Å². The molecule has 0 spiro atoms. The molecule has 4 heteroatoms. The zero-order valence-corrected chi connectivity index (χ0v) is 9.37. The first-order valence-corrected chi connectivity index (χ1v) is 4.25. The highest BCUT2D eigenvalue weighted by Gasteiger charge is 1.96. The Kier molecular flexibility index (Phi) is 5.98. The summed E-state index contributed by atoms with van der Waals surface area (Å²) >= 11 is 0. The second-order valence-electron chi connectivity index (χ2n) is 2.63. The first-order valence-electron chi connectivity index (χ1n) is 4.25. The number of nitrogens with zero attached hydrogens (tertiary/aromatic N) is 3. The fourth-order valence-electron chi connectivity index (χ4n) is 0.958. The van der Waals surface area contributed by atoms with Crippen molar-refractivity contribution >= 4 is 17.0 Å². The Labute approximate surface area is 83.9 Å². The van der Waals surface area contributed by atoms with E-state index in [0.717, 1.165) is 18.7 Å². The quantitative estimate of drug-likeness (QED) is 0.799. The summed E-state index contributed by atoms with van der Waals surface area (Å²) in [5, 5.41) is 8.36. The molecule has 1 aromatic rings. The maximum atomic E-state index is 4.27. The van der Waals surface area contributed by atoms with E-state index in [0.29, 0.717) is 0 Å². The van der Waals surface area contributed by atoms with E-state index in [-0.39, 0.29) is 17.0 Å². The van der Waals surface area contributed by atoms with Gasteiger partial charge in [-0.15, -0.1) is 17.0 Å². The molecule has 0 aliphatic carbocycles. The molecule has 1 heterocycles. The maximum absolute atomic E-state index is 4.27. The Balaban J connectivity index is 0.00000121. The minimum absolute atomic E-state index is 0. The number of aryl methyl sites for hydroxylation is 2. The van der Waals surface area contributed by atoms with Crippen molar-refractivity contribution < 1.29 is 0 Å². The average molecular weight is 234 g/mol. The molecule has 0 radical (unpaired) electrons. The molecule has 0 saturated heterocycles. The van der Waals surface area contributed by atoms with Crippen LogP contribution in [0.25, 0.3) is 0 Å². The third kappa shape index (κ3) is 3.34. The number of halogens is 1. The van der Waals surface area contributed by atoms with Crippen molar-refractivity contribution in [1.29, 1.82) is 0 Å². The van der Waals surface area contributed by atoms with Crippen molar-refractivity contribution in [2.24, 2.45) is 0 Å². The molecule has 0 N–H and O–H groups in total. The van der Waals surface area contributed by atoms with Gasteiger partial charge in [0.15, 0.2) is 0 Å². The molecule has 1 rings (SSSR count). The van der Waals surface area contributed by atoms with Gasteiger partial charge in [-0.25, -0.2) is 0 Å². The lowest BCUT2D eigenvalue weighted by atomic mass is 10.2. The number of hydrogen-bond acceptors (Lipinski definition) is 2. The third-order valence-electron chi connectivity index (χ3n) is 1.65. The highest BCUT2D eigenvalue weighted by Crippen LogP contribution is 1.98. The summed E-state index contributed by atoms with van der Waals surface area (Å²) in [6, 6.07) is 0. The number of hydrogen-bond donors (Lipinski definition) is 0. The van der Waals surface area contributed by atoms with Crippen molar-refractivity contribution in [3.8, 4) is 0 Å². The largest absolute Gasteiger partial charge is 0.185 e. The SMILES string of the molecule is Br.CCCCc1cnn(CC)n1. The lowest BCUT2D eigenvalue weighted by Crippen LogP contribution is -1.98. The van der Waals surface area contributed by atoms with Gasteiger partial charge < -0.3 is 0 Å². The summed E-state index contributed by atoms with van der Waals surface area (Å²) in [6.45, 7) is 5.10. The number of rotatable bonds is 4. The van der Waals surface area contributed by atoms with Crippen molar-refractivity contribution in [2.45, 2.75) is 39.7 Å². The van der Waals surface area contributed by atoms with Crippen molar-refractivity contribution in [3.63, 3.8) is 0 Å². The van der Waals surface area contributed by atoms with Gasteiger partial charge in [0, 0.05) is 0 Å². The molecule has 0 aliphatic heterocycles. The zero-order valence-electron chi connectivity index (χ0n) is 7.66. The van der Waals surface area contributed by atoms with E-state index in [1.165, 1.54) is 12.8 Å². The van der Waals surface area contributed by atoms with E-state index in [2.05, 4.69) is 17.1 Å². The highest BCUT2D eigenvalue weighted by atomic mass is 79.9. The van der Waals surface area contributed by atoms with Crippen molar-refractivity contribution in [1.82, 2.24) is 15.0 Å². The summed E-state index contributed by atoms with van der Waals surface area (Å²) in [4.78, 5) is 1.73. The highest BCUT2D eigenvalue weighted by molar-refractivity contribution is 8.93. The van der Waals surface area contributed by atoms with Crippen LogP contribution in [0.15, 0.2) is 6.20 Å². The zero-order chi connectivity index (χ0) is 8.10. The third-order valence-corrected chi connectivity index (χ3v) is 1.65. The second kappa shape index (κ2) is 6.17. The molecular formula is C8H16BrN3. The molecule has 0 fully saturated rings. The Morgan fingerprint density at radius 3 is 2.67 bits per heavy atom. The van der Waals surface area contributed by atoms with Crippen LogP contribution in [0, 0.1) is 0 Å². The van der Waals surface area contributed by atoms with Crippen LogP contribution in [0.4, 0.5) is 0 Å². The molecule has 0 atom stereocenters. The molecule has 0 saturated carbocycles. The summed E-state index contributed by atoms with van der Waals surface area (Å²) in [6.07, 6.45) is 5.36. The van der Waals surface area contributed by atoms with Crippen molar-refractivity contribution in [3.05, 3.63) is 11.9 Å². The van der Waals surface area contributed by atoms with Gasteiger partial charge in [0.1, 0.15) is 0 Å². The molecule has 0 aromatic carbocycles. The van der Waals surface area contributed by atoms with Gasteiger partial charge in [-0.3, -0.25) is 0 Å². The second-order valence-corrected chi connectivity index (χ2v) is 2.63. The van der Waals surface area contributed by atoms with E-state index in [9.17, 15) is 0 Å². The average Bonchev–Trinajstić information content (AvgIpc) is 2.48. The molecule has 0 bridgehead atoms. The minimum Gasteiger partial charge on any atom is -0.185 e. The van der Waals surface area contributed by atoms with E-state index in [4.69, 9.17) is 0 Å². The van der Waals surface area contributed by atoms with Gasteiger partial charge in [0.25, 0.3) is 0 Å². The standard InChI is InChI=1S/C8H15N3.BrH/c1-3-5-6-8-7-9-11(4-2)10-8;/h7H,3-6H2,1-2H3;1H. The predicted molar refractivity (Wildman–Crippen MR) is 54.6 cm³/mol. The van der Waals surface area contributed by atoms with Crippen molar-refractivity contribution in [2.75, 3.05) is 0 Å². The Morgan fingerprint density at radius 1 is 1.42 bits per heavy atom. The lowest BCUT2D eigenvalue weighted by molar-refractivity contribution is 0.562. The molecule has 3 nitrogen and oxygen atoms in total. The summed E-state index contributed by atoms with van der Waals surface area (Å²) in [5.41, 5.74) is 1.12. The lowest BCUT2D eigenvalue weighted by Gasteiger charge is -1.91. The molecule has 1 aromatic heterocycles. The topological polar surface area (TPSA) is 30.7 Å². The van der Waals surface area contributed by atoms with Gasteiger partial charge in [0.05, 0.1) is 18.4 Å². The first-order chi connectivity index (χ1) is 5.36. The maximum Gasteiger partial charge on any atom is 0.0827 e. The monoisotopic (exact) mass is 233 g/mol. The van der Waals surface area contributed by atoms with Crippen LogP contribution in [0.5, 0.6) is 0 Å². The van der Waals surface area contributed by atoms with Gasteiger partial charge in [-0.05, 0) is 19.8 Å². The first kappa shape index (κ1) is 11.6. The fraction of sp³-hybridized carbons (Fsp3) is 0.750. The Bertz CT molecular complexity index is 210. The number of unbranched alkanes of at least 4 members (excludes halogenated alkanes) is 1. The van der Waals surface area contributed by atoms with E-state index >= 15 is 0 Å². The summed E-state index contributed by atoms with van der Waals surface area (Å²) in [7, 11) is 0. The minimum atomic E-state index is 0. The van der Waals surface area contributed by atoms with Crippen LogP contribution < -0.4 is 0 Å². The molecular weight excluding hydrogens is 218 g/mol. The molecule has 0 aliphatic rings. The summed E-state index contributed by atoms with van der Waals surface area (Å²) in [5.74, 6) is 0. The van der Waals surface area contributed by atoms with Gasteiger partial charge in [0.2, 0.25) is 0 Å². The smallest absolute Gasteiger partial charge is 0.0827 e. The van der Waals surface area contributed by atoms with E-state index in [1.54, 1.807) is 4.80 Å². The molecule has 0 amide bonds. The van der Waals surface area contributed by atoms with Crippen LogP contribution in [-0.4, -0.2) is 15.0 Å². The molecule has 12 heavy (non-hydrogen) atoms. The predicted octanol–water partition coefficient (Wildman–Crippen LogP) is 2.22. The normalized spacial score (nSPS) is 9.50. The van der Waals surface area contributed by atoms with Gasteiger partial charge >= 0.3 is 0 Å². The molecule has 70 valence electrons.